The van der Waals surface area contributed by atoms with Gasteiger partial charge in [-0.1, -0.05) is 50.3 Å². The van der Waals surface area contributed by atoms with Crippen molar-refractivity contribution in [2.75, 3.05) is 11.1 Å². The Morgan fingerprint density at radius 1 is 1.12 bits per heavy atom. The molecule has 0 spiro atoms. The molecule has 3 aromatic rings. The van der Waals surface area contributed by atoms with Gasteiger partial charge in [0.2, 0.25) is 0 Å². The molecule has 0 saturated carbocycles. The van der Waals surface area contributed by atoms with E-state index in [1.54, 1.807) is 6.20 Å². The number of aromatic nitrogens is 2. The first-order chi connectivity index (χ1) is 11.8. The van der Waals surface area contributed by atoms with Gasteiger partial charge in [-0.25, -0.2) is 4.98 Å². The molecule has 0 atom stereocenters. The summed E-state index contributed by atoms with van der Waals surface area (Å²) in [5.41, 5.74) is 9.11. The van der Waals surface area contributed by atoms with Gasteiger partial charge in [-0.2, -0.15) is 0 Å². The quantitative estimate of drug-likeness (QED) is 0.735. The summed E-state index contributed by atoms with van der Waals surface area (Å²) >= 11 is 1.23. The van der Waals surface area contributed by atoms with Crippen LogP contribution in [-0.4, -0.2) is 15.9 Å². The van der Waals surface area contributed by atoms with Crippen LogP contribution in [0.25, 0.3) is 11.4 Å². The third-order valence-electron chi connectivity index (χ3n) is 3.79. The van der Waals surface area contributed by atoms with Crippen molar-refractivity contribution in [3.63, 3.8) is 0 Å². The summed E-state index contributed by atoms with van der Waals surface area (Å²) in [6, 6.07) is 13.1. The molecule has 6 heteroatoms. The highest BCUT2D eigenvalue weighted by atomic mass is 32.1. The highest BCUT2D eigenvalue weighted by molar-refractivity contribution is 7.20. The first-order valence-electron chi connectivity index (χ1n) is 7.94. The van der Waals surface area contributed by atoms with E-state index >= 15 is 0 Å². The number of nitrogens with one attached hydrogen (secondary N) is 1. The molecular weight excluding hydrogens is 332 g/mol. The van der Waals surface area contributed by atoms with Gasteiger partial charge in [0.25, 0.3) is 5.91 Å². The van der Waals surface area contributed by atoms with Gasteiger partial charge in [-0.05, 0) is 35.2 Å². The summed E-state index contributed by atoms with van der Waals surface area (Å²) in [6.45, 7) is 6.42. The number of nitrogen functional groups attached to an aromatic ring is 1. The van der Waals surface area contributed by atoms with Gasteiger partial charge in [0.15, 0.2) is 5.13 Å². The van der Waals surface area contributed by atoms with Crippen LogP contribution in [0.1, 0.15) is 36.7 Å². The molecule has 25 heavy (non-hydrogen) atoms. The van der Waals surface area contributed by atoms with E-state index in [2.05, 4.69) is 36.1 Å². The molecule has 0 unspecified atom stereocenters. The van der Waals surface area contributed by atoms with Crippen LogP contribution in [0, 0.1) is 0 Å². The Kier molecular flexibility index (Phi) is 4.55. The van der Waals surface area contributed by atoms with Crippen molar-refractivity contribution in [2.45, 2.75) is 26.2 Å². The lowest BCUT2D eigenvalue weighted by atomic mass is 9.87. The van der Waals surface area contributed by atoms with Crippen molar-refractivity contribution in [3.05, 3.63) is 59.8 Å². The molecular formula is C19H20N4OS. The van der Waals surface area contributed by atoms with E-state index in [1.165, 1.54) is 16.9 Å². The number of pyridine rings is 1. The monoisotopic (exact) mass is 352 g/mol. The van der Waals surface area contributed by atoms with Crippen LogP contribution in [0.3, 0.4) is 0 Å². The fourth-order valence-electron chi connectivity index (χ4n) is 2.36. The van der Waals surface area contributed by atoms with E-state index in [1.807, 2.05) is 42.5 Å². The smallest absolute Gasteiger partial charge is 0.257 e. The number of anilines is 2. The second kappa shape index (κ2) is 6.64. The first-order valence-corrected chi connectivity index (χ1v) is 8.76. The maximum Gasteiger partial charge on any atom is 0.257 e. The molecule has 0 aliphatic carbocycles. The van der Waals surface area contributed by atoms with E-state index in [0.717, 1.165) is 0 Å². The molecule has 1 amide bonds. The van der Waals surface area contributed by atoms with Crippen LogP contribution in [-0.2, 0) is 5.41 Å². The Morgan fingerprint density at radius 2 is 1.84 bits per heavy atom. The van der Waals surface area contributed by atoms with Crippen molar-refractivity contribution < 1.29 is 4.79 Å². The lowest BCUT2D eigenvalue weighted by molar-refractivity contribution is 0.102. The van der Waals surface area contributed by atoms with Crippen molar-refractivity contribution >= 4 is 27.4 Å². The number of carbonyl (C=O) groups is 1. The highest BCUT2D eigenvalue weighted by Gasteiger charge is 2.16. The lowest BCUT2D eigenvalue weighted by Crippen LogP contribution is -2.14. The Bertz CT molecular complexity index is 880. The third kappa shape index (κ3) is 3.85. The molecule has 0 aliphatic rings. The minimum atomic E-state index is -0.207. The molecule has 0 radical (unpaired) electrons. The molecule has 5 nitrogen and oxygen atoms in total. The summed E-state index contributed by atoms with van der Waals surface area (Å²) in [5, 5.41) is 3.79. The van der Waals surface area contributed by atoms with Gasteiger partial charge in [-0.3, -0.25) is 15.1 Å². The van der Waals surface area contributed by atoms with Crippen molar-refractivity contribution in [2.24, 2.45) is 0 Å². The Balaban J connectivity index is 1.78. The predicted octanol–water partition coefficient (Wildman–Crippen LogP) is 4.34. The summed E-state index contributed by atoms with van der Waals surface area (Å²) in [4.78, 5) is 21.1. The lowest BCUT2D eigenvalue weighted by Gasteiger charge is -2.18. The van der Waals surface area contributed by atoms with E-state index in [0.29, 0.717) is 27.1 Å². The standard InChI is InChI=1S/C19H20N4OS/c1-19(2,3)13-9-7-12(8-10-13)17(24)23-18-22-15(16(20)25-18)14-6-4-5-11-21-14/h4-11H,20H2,1-3H3,(H,22,23,24). The number of carbonyl (C=O) groups excluding carboxylic acids is 1. The number of rotatable bonds is 3. The first kappa shape index (κ1) is 17.1. The molecule has 1 aromatic carbocycles. The number of amides is 1. The van der Waals surface area contributed by atoms with Crippen LogP contribution in [0.4, 0.5) is 10.1 Å². The van der Waals surface area contributed by atoms with Crippen LogP contribution in [0.5, 0.6) is 0 Å². The fourth-order valence-corrected chi connectivity index (χ4v) is 3.10. The zero-order valence-corrected chi connectivity index (χ0v) is 15.2. The van der Waals surface area contributed by atoms with Crippen molar-refractivity contribution in [3.8, 4) is 11.4 Å². The van der Waals surface area contributed by atoms with Crippen LogP contribution in [0.15, 0.2) is 48.7 Å². The summed E-state index contributed by atoms with van der Waals surface area (Å²) in [5.74, 6) is -0.207. The second-order valence-corrected chi connectivity index (χ2v) is 7.76. The molecule has 3 N–H and O–H groups in total. The van der Waals surface area contributed by atoms with Crippen molar-refractivity contribution in [1.82, 2.24) is 9.97 Å². The van der Waals surface area contributed by atoms with Gasteiger partial charge >= 0.3 is 0 Å². The van der Waals surface area contributed by atoms with Crippen LogP contribution < -0.4 is 11.1 Å². The minimum absolute atomic E-state index is 0.0519. The molecule has 128 valence electrons. The number of thiazole rings is 1. The molecule has 0 bridgehead atoms. The van der Waals surface area contributed by atoms with E-state index in [4.69, 9.17) is 5.73 Å². The zero-order chi connectivity index (χ0) is 18.0. The SMILES string of the molecule is CC(C)(C)c1ccc(C(=O)Nc2nc(-c3ccccn3)c(N)s2)cc1. The summed E-state index contributed by atoms with van der Waals surface area (Å²) in [6.07, 6.45) is 1.68. The maximum atomic E-state index is 12.4. The van der Waals surface area contributed by atoms with E-state index < -0.39 is 0 Å². The van der Waals surface area contributed by atoms with Crippen molar-refractivity contribution in [1.29, 1.82) is 0 Å². The molecule has 3 rings (SSSR count). The number of nitrogens with zero attached hydrogens (tertiary/aromatic N) is 2. The van der Waals surface area contributed by atoms with E-state index in [-0.39, 0.29) is 11.3 Å². The van der Waals surface area contributed by atoms with Gasteiger partial charge < -0.3 is 5.73 Å². The summed E-state index contributed by atoms with van der Waals surface area (Å²) < 4.78 is 0. The average molecular weight is 352 g/mol. The topological polar surface area (TPSA) is 80.9 Å². The largest absolute Gasteiger partial charge is 0.389 e. The highest BCUT2D eigenvalue weighted by Crippen LogP contribution is 2.32. The van der Waals surface area contributed by atoms with Gasteiger partial charge in [0.1, 0.15) is 10.7 Å². The van der Waals surface area contributed by atoms with Gasteiger partial charge in [0, 0.05) is 11.8 Å². The van der Waals surface area contributed by atoms with Crippen LogP contribution >= 0.6 is 11.3 Å². The molecule has 0 fully saturated rings. The fraction of sp³-hybridized carbons (Fsp3) is 0.211. The Hall–Kier alpha value is -2.73. The Labute approximate surface area is 151 Å². The van der Waals surface area contributed by atoms with Gasteiger partial charge in [-0.15, -0.1) is 0 Å². The predicted molar refractivity (Wildman–Crippen MR) is 103 cm³/mol. The molecule has 2 aromatic heterocycles. The number of hydrogen-bond acceptors (Lipinski definition) is 5. The average Bonchev–Trinajstić information content (AvgIpc) is 2.95. The van der Waals surface area contributed by atoms with Crippen LogP contribution in [0.2, 0.25) is 0 Å². The number of hydrogen-bond donors (Lipinski definition) is 2. The minimum Gasteiger partial charge on any atom is -0.389 e. The zero-order valence-electron chi connectivity index (χ0n) is 14.4. The third-order valence-corrected chi connectivity index (χ3v) is 4.59. The summed E-state index contributed by atoms with van der Waals surface area (Å²) in [7, 11) is 0. The second-order valence-electron chi connectivity index (χ2n) is 6.73. The maximum absolute atomic E-state index is 12.4. The number of benzene rings is 1. The number of nitrogens with two attached hydrogens (primary N) is 1. The van der Waals surface area contributed by atoms with E-state index in [9.17, 15) is 4.79 Å². The Morgan fingerprint density at radius 3 is 2.44 bits per heavy atom. The molecule has 0 saturated heterocycles. The normalized spacial score (nSPS) is 11.3. The molecule has 2 heterocycles. The molecule has 0 aliphatic heterocycles. The van der Waals surface area contributed by atoms with Gasteiger partial charge in [0.05, 0.1) is 5.69 Å².